The highest BCUT2D eigenvalue weighted by Gasteiger charge is 2.23. The van der Waals surface area contributed by atoms with E-state index < -0.39 is 0 Å². The lowest BCUT2D eigenvalue weighted by Crippen LogP contribution is -3.27. The molecule has 1 heterocycles. The molecule has 3 N–H and O–H groups in total. The molecule has 1 aliphatic heterocycles. The molecule has 0 atom stereocenters. The van der Waals surface area contributed by atoms with Gasteiger partial charge in [0, 0.05) is 11.6 Å². The van der Waals surface area contributed by atoms with Gasteiger partial charge in [-0.15, -0.1) is 0 Å². The molecule has 2 aromatic carbocycles. The lowest BCUT2D eigenvalue weighted by Gasteiger charge is -2.29. The molecule has 28 heavy (non-hydrogen) atoms. The van der Waals surface area contributed by atoms with Gasteiger partial charge in [-0.2, -0.15) is 0 Å². The van der Waals surface area contributed by atoms with Crippen LogP contribution in [0.5, 0.6) is 11.5 Å². The fourth-order valence-electron chi connectivity index (χ4n) is 3.68. The Morgan fingerprint density at radius 1 is 0.964 bits per heavy atom. The third kappa shape index (κ3) is 5.71. The van der Waals surface area contributed by atoms with Crippen LogP contribution in [-0.2, 0) is 11.3 Å². The van der Waals surface area contributed by atoms with Crippen molar-refractivity contribution >= 4 is 11.6 Å². The molecule has 0 aromatic heterocycles. The van der Waals surface area contributed by atoms with Crippen molar-refractivity contribution in [1.29, 1.82) is 0 Å². The van der Waals surface area contributed by atoms with Crippen LogP contribution in [0.15, 0.2) is 48.5 Å². The molecule has 0 unspecified atom stereocenters. The Bertz CT molecular complexity index is 759. The van der Waals surface area contributed by atoms with Gasteiger partial charge in [-0.1, -0.05) is 30.3 Å². The van der Waals surface area contributed by atoms with Gasteiger partial charge in [0.05, 0.1) is 32.9 Å². The standard InChI is InChI=1S/C22H29N3O3/c1-27-19-8-9-21(28-2)20(16-19)23-22(26)10-11-24-12-14-25(15-13-24)17-18-6-4-3-5-7-18/h3-9,16H,10-15,17H2,1-2H3,(H,23,26)/p+2. The van der Waals surface area contributed by atoms with E-state index in [0.29, 0.717) is 23.6 Å². The first-order valence-electron chi connectivity index (χ1n) is 9.91. The normalized spacial score (nSPS) is 19.1. The average Bonchev–Trinajstić information content (AvgIpc) is 2.74. The molecule has 1 saturated heterocycles. The summed E-state index contributed by atoms with van der Waals surface area (Å²) in [5.41, 5.74) is 2.05. The van der Waals surface area contributed by atoms with Gasteiger partial charge in [-0.25, -0.2) is 0 Å². The predicted molar refractivity (Wildman–Crippen MR) is 109 cm³/mol. The number of piperazine rings is 1. The number of hydrogen-bond donors (Lipinski definition) is 3. The number of carbonyl (C=O) groups is 1. The molecule has 6 nitrogen and oxygen atoms in total. The lowest BCUT2D eigenvalue weighted by molar-refractivity contribution is -1.02. The number of benzene rings is 2. The maximum atomic E-state index is 12.4. The van der Waals surface area contributed by atoms with E-state index in [1.165, 1.54) is 10.5 Å². The van der Waals surface area contributed by atoms with E-state index >= 15 is 0 Å². The molecule has 0 saturated carbocycles. The fourth-order valence-corrected chi connectivity index (χ4v) is 3.68. The Hall–Kier alpha value is -2.57. The molecule has 1 aliphatic rings. The van der Waals surface area contributed by atoms with E-state index in [2.05, 4.69) is 35.6 Å². The number of anilines is 1. The minimum Gasteiger partial charge on any atom is -0.497 e. The van der Waals surface area contributed by atoms with Gasteiger partial charge in [-0.3, -0.25) is 4.79 Å². The molecule has 3 rings (SSSR count). The SMILES string of the molecule is COc1ccc(OC)c(NC(=O)CC[NH+]2CC[NH+](Cc3ccccc3)CC2)c1. The van der Waals surface area contributed by atoms with Crippen LogP contribution in [0.1, 0.15) is 12.0 Å². The Balaban J connectivity index is 1.42. The Morgan fingerprint density at radius 2 is 1.68 bits per heavy atom. The van der Waals surface area contributed by atoms with E-state index in [9.17, 15) is 4.79 Å². The first-order valence-corrected chi connectivity index (χ1v) is 9.91. The summed E-state index contributed by atoms with van der Waals surface area (Å²) in [5.74, 6) is 1.34. The molecule has 1 amide bonds. The van der Waals surface area contributed by atoms with Gasteiger partial charge in [-0.05, 0) is 12.1 Å². The number of methoxy groups -OCH3 is 2. The van der Waals surface area contributed by atoms with E-state index in [1.54, 1.807) is 31.3 Å². The second-order valence-electron chi connectivity index (χ2n) is 7.28. The van der Waals surface area contributed by atoms with Crippen LogP contribution in [0.25, 0.3) is 0 Å². The van der Waals surface area contributed by atoms with Crippen LogP contribution in [0.2, 0.25) is 0 Å². The summed E-state index contributed by atoms with van der Waals surface area (Å²) in [7, 11) is 3.20. The number of nitrogens with one attached hydrogen (secondary N) is 3. The second kappa shape index (κ2) is 10.1. The molecule has 2 aromatic rings. The van der Waals surface area contributed by atoms with Crippen molar-refractivity contribution in [2.24, 2.45) is 0 Å². The largest absolute Gasteiger partial charge is 0.497 e. The summed E-state index contributed by atoms with van der Waals surface area (Å²) in [6.07, 6.45) is 0.504. The fraction of sp³-hybridized carbons (Fsp3) is 0.409. The topological polar surface area (TPSA) is 56.4 Å². The Labute approximate surface area is 167 Å². The number of quaternary nitrogens is 2. The van der Waals surface area contributed by atoms with Crippen LogP contribution < -0.4 is 24.6 Å². The van der Waals surface area contributed by atoms with Crippen LogP contribution in [0.4, 0.5) is 5.69 Å². The van der Waals surface area contributed by atoms with Crippen LogP contribution in [0.3, 0.4) is 0 Å². The van der Waals surface area contributed by atoms with Crippen molar-refractivity contribution in [3.8, 4) is 11.5 Å². The van der Waals surface area contributed by atoms with E-state index in [-0.39, 0.29) is 5.91 Å². The van der Waals surface area contributed by atoms with E-state index in [4.69, 9.17) is 9.47 Å². The summed E-state index contributed by atoms with van der Waals surface area (Å²) >= 11 is 0. The second-order valence-corrected chi connectivity index (χ2v) is 7.28. The lowest BCUT2D eigenvalue weighted by atomic mass is 10.2. The maximum Gasteiger partial charge on any atom is 0.230 e. The van der Waals surface area contributed by atoms with E-state index in [1.807, 2.05) is 6.07 Å². The van der Waals surface area contributed by atoms with Gasteiger partial charge in [0.1, 0.15) is 44.2 Å². The molecular weight excluding hydrogens is 354 g/mol. The molecule has 1 fully saturated rings. The van der Waals surface area contributed by atoms with Gasteiger partial charge in [0.15, 0.2) is 0 Å². The zero-order valence-corrected chi connectivity index (χ0v) is 16.8. The molecule has 0 bridgehead atoms. The number of ether oxygens (including phenoxy) is 2. The summed E-state index contributed by atoms with van der Waals surface area (Å²) in [4.78, 5) is 15.5. The van der Waals surface area contributed by atoms with Crippen molar-refractivity contribution in [2.45, 2.75) is 13.0 Å². The minimum absolute atomic E-state index is 0.0121. The third-order valence-corrected chi connectivity index (χ3v) is 5.35. The average molecular weight is 386 g/mol. The number of amides is 1. The van der Waals surface area contributed by atoms with Crippen molar-refractivity contribution in [2.75, 3.05) is 52.3 Å². The van der Waals surface area contributed by atoms with Crippen molar-refractivity contribution < 1.29 is 24.1 Å². The first-order chi connectivity index (χ1) is 13.7. The van der Waals surface area contributed by atoms with Crippen molar-refractivity contribution in [3.05, 3.63) is 54.1 Å². The smallest absolute Gasteiger partial charge is 0.230 e. The van der Waals surface area contributed by atoms with Crippen molar-refractivity contribution in [3.63, 3.8) is 0 Å². The van der Waals surface area contributed by atoms with Crippen LogP contribution in [-0.4, -0.2) is 52.9 Å². The van der Waals surface area contributed by atoms with Gasteiger partial charge >= 0.3 is 0 Å². The summed E-state index contributed by atoms with van der Waals surface area (Å²) in [5, 5.41) is 2.95. The van der Waals surface area contributed by atoms with Gasteiger partial charge in [0.2, 0.25) is 5.91 Å². The molecule has 150 valence electrons. The summed E-state index contributed by atoms with van der Waals surface area (Å²) in [6, 6.07) is 16.1. The highest BCUT2D eigenvalue weighted by atomic mass is 16.5. The number of carbonyl (C=O) groups excluding carboxylic acids is 1. The van der Waals surface area contributed by atoms with Crippen LogP contribution >= 0.6 is 0 Å². The summed E-state index contributed by atoms with van der Waals surface area (Å²) in [6.45, 7) is 6.46. The summed E-state index contributed by atoms with van der Waals surface area (Å²) < 4.78 is 10.6. The highest BCUT2D eigenvalue weighted by Crippen LogP contribution is 2.28. The zero-order valence-electron chi connectivity index (χ0n) is 16.8. The Morgan fingerprint density at radius 3 is 2.36 bits per heavy atom. The highest BCUT2D eigenvalue weighted by molar-refractivity contribution is 5.92. The number of rotatable bonds is 8. The first kappa shape index (κ1) is 20.2. The monoisotopic (exact) mass is 385 g/mol. The van der Waals surface area contributed by atoms with Crippen LogP contribution in [0, 0.1) is 0 Å². The number of hydrogen-bond acceptors (Lipinski definition) is 3. The minimum atomic E-state index is 0.0121. The van der Waals surface area contributed by atoms with E-state index in [0.717, 1.165) is 39.3 Å². The maximum absolute atomic E-state index is 12.4. The molecule has 0 radical (unpaired) electrons. The van der Waals surface area contributed by atoms with Gasteiger partial charge in [0.25, 0.3) is 0 Å². The predicted octanol–water partition coefficient (Wildman–Crippen LogP) is 0.0160. The van der Waals surface area contributed by atoms with Crippen molar-refractivity contribution in [1.82, 2.24) is 0 Å². The zero-order chi connectivity index (χ0) is 19.8. The van der Waals surface area contributed by atoms with Gasteiger partial charge < -0.3 is 24.6 Å². The quantitative estimate of drug-likeness (QED) is 0.600. The molecule has 6 heteroatoms. The molecule has 0 spiro atoms. The molecular formula is C22H31N3O3+2. The molecule has 0 aliphatic carbocycles. The Kier molecular flexibility index (Phi) is 7.28. The third-order valence-electron chi connectivity index (χ3n) is 5.35.